The Morgan fingerprint density at radius 3 is 2.56 bits per heavy atom. The van der Waals surface area contributed by atoms with E-state index in [9.17, 15) is 8.78 Å². The summed E-state index contributed by atoms with van der Waals surface area (Å²) in [4.78, 5) is 2.18. The van der Waals surface area contributed by atoms with E-state index in [4.69, 9.17) is 0 Å². The molecule has 0 bridgehead atoms. The zero-order valence-corrected chi connectivity index (χ0v) is 11.0. The van der Waals surface area contributed by atoms with Gasteiger partial charge in [-0.2, -0.15) is 0 Å². The van der Waals surface area contributed by atoms with Crippen LogP contribution in [-0.2, 0) is 6.54 Å². The third kappa shape index (κ3) is 3.27. The first-order chi connectivity index (χ1) is 8.54. The van der Waals surface area contributed by atoms with Crippen LogP contribution in [0.5, 0.6) is 0 Å². The number of benzene rings is 1. The van der Waals surface area contributed by atoms with Gasteiger partial charge in [0.25, 0.3) is 0 Å². The van der Waals surface area contributed by atoms with E-state index in [2.05, 4.69) is 10.2 Å². The molecule has 0 radical (unpaired) electrons. The highest BCUT2D eigenvalue weighted by molar-refractivity contribution is 5.17. The number of halogens is 2. The van der Waals surface area contributed by atoms with Crippen LogP contribution in [0.4, 0.5) is 8.78 Å². The molecule has 2 rings (SSSR count). The highest BCUT2D eigenvalue weighted by Crippen LogP contribution is 2.45. The zero-order chi connectivity index (χ0) is 13.2. The van der Waals surface area contributed by atoms with E-state index in [1.54, 1.807) is 6.07 Å². The molecule has 1 saturated carbocycles. The molecule has 0 aliphatic heterocycles. The van der Waals surface area contributed by atoms with Crippen LogP contribution >= 0.6 is 0 Å². The Morgan fingerprint density at radius 2 is 2.00 bits per heavy atom. The van der Waals surface area contributed by atoms with Crippen LogP contribution in [0.15, 0.2) is 18.2 Å². The van der Waals surface area contributed by atoms with Crippen LogP contribution < -0.4 is 5.32 Å². The number of nitrogens with one attached hydrogen (secondary N) is 1. The molecule has 1 aliphatic carbocycles. The lowest BCUT2D eigenvalue weighted by atomic mass is 10.1. The molecule has 0 saturated heterocycles. The molecule has 100 valence electrons. The molecule has 1 aromatic carbocycles. The van der Waals surface area contributed by atoms with Gasteiger partial charge < -0.3 is 10.2 Å². The molecule has 0 amide bonds. The van der Waals surface area contributed by atoms with E-state index in [0.29, 0.717) is 12.0 Å². The van der Waals surface area contributed by atoms with Crippen molar-refractivity contribution < 1.29 is 8.78 Å². The Morgan fingerprint density at radius 1 is 1.28 bits per heavy atom. The van der Waals surface area contributed by atoms with E-state index >= 15 is 0 Å². The molecule has 0 heterocycles. The first kappa shape index (κ1) is 13.4. The number of rotatable bonds is 6. The fourth-order valence-electron chi connectivity index (χ4n) is 2.52. The molecule has 0 spiro atoms. The van der Waals surface area contributed by atoms with Gasteiger partial charge in [0, 0.05) is 19.6 Å². The number of nitrogens with zero attached hydrogens (tertiary/aromatic N) is 1. The lowest BCUT2D eigenvalue weighted by molar-refractivity contribution is 0.252. The minimum absolute atomic E-state index is 0.391. The van der Waals surface area contributed by atoms with Crippen LogP contribution in [0.25, 0.3) is 0 Å². The maximum atomic E-state index is 13.1. The van der Waals surface area contributed by atoms with Gasteiger partial charge in [-0.25, -0.2) is 8.78 Å². The molecule has 1 fully saturated rings. The van der Waals surface area contributed by atoms with Crippen molar-refractivity contribution in [3.63, 3.8) is 0 Å². The van der Waals surface area contributed by atoms with Gasteiger partial charge >= 0.3 is 0 Å². The summed E-state index contributed by atoms with van der Waals surface area (Å²) in [6.07, 6.45) is 2.49. The van der Waals surface area contributed by atoms with Gasteiger partial charge in [-0.1, -0.05) is 6.07 Å². The monoisotopic (exact) mass is 254 g/mol. The predicted octanol–water partition coefficient (Wildman–Crippen LogP) is 2.40. The van der Waals surface area contributed by atoms with E-state index in [1.165, 1.54) is 25.0 Å². The van der Waals surface area contributed by atoms with Crippen LogP contribution in [0.2, 0.25) is 0 Å². The molecular weight excluding hydrogens is 234 g/mol. The molecule has 1 N–H and O–H groups in total. The summed E-state index contributed by atoms with van der Waals surface area (Å²) in [6, 6.07) is 4.12. The van der Waals surface area contributed by atoms with E-state index in [-0.39, 0.29) is 0 Å². The molecule has 4 heteroatoms. The molecular formula is C14H20F2N2. The van der Waals surface area contributed by atoms with Crippen molar-refractivity contribution in [3.8, 4) is 0 Å². The summed E-state index contributed by atoms with van der Waals surface area (Å²) < 4.78 is 25.9. The molecule has 0 atom stereocenters. The average molecular weight is 254 g/mol. The van der Waals surface area contributed by atoms with Gasteiger partial charge in [-0.3, -0.25) is 0 Å². The minimum atomic E-state index is -0.782. The molecule has 0 aromatic heterocycles. The fraction of sp³-hybridized carbons (Fsp3) is 0.571. The third-order valence-electron chi connectivity index (χ3n) is 3.55. The van der Waals surface area contributed by atoms with Crippen LogP contribution in [0.1, 0.15) is 18.4 Å². The predicted molar refractivity (Wildman–Crippen MR) is 68.3 cm³/mol. The molecule has 1 aromatic rings. The van der Waals surface area contributed by atoms with Crippen molar-refractivity contribution >= 4 is 0 Å². The number of hydrogen-bond donors (Lipinski definition) is 1. The third-order valence-corrected chi connectivity index (χ3v) is 3.55. The molecule has 2 nitrogen and oxygen atoms in total. The van der Waals surface area contributed by atoms with Crippen LogP contribution in [0.3, 0.4) is 0 Å². The zero-order valence-electron chi connectivity index (χ0n) is 11.0. The summed E-state index contributed by atoms with van der Waals surface area (Å²) >= 11 is 0. The SMILES string of the molecule is CNCC1(CN(C)Cc2ccc(F)c(F)c2)CC1. The first-order valence-electron chi connectivity index (χ1n) is 6.32. The lowest BCUT2D eigenvalue weighted by Gasteiger charge is -2.23. The first-order valence-corrected chi connectivity index (χ1v) is 6.32. The van der Waals surface area contributed by atoms with Crippen molar-refractivity contribution in [1.82, 2.24) is 10.2 Å². The largest absolute Gasteiger partial charge is 0.319 e. The minimum Gasteiger partial charge on any atom is -0.319 e. The molecule has 1 aliphatic rings. The van der Waals surface area contributed by atoms with E-state index in [0.717, 1.165) is 18.7 Å². The van der Waals surface area contributed by atoms with Crippen molar-refractivity contribution in [2.45, 2.75) is 19.4 Å². The Bertz CT molecular complexity index is 416. The standard InChI is InChI=1S/C14H20F2N2/c1-17-9-14(5-6-14)10-18(2)8-11-3-4-12(15)13(16)7-11/h3-4,7,17H,5-6,8-10H2,1-2H3. The summed E-state index contributed by atoms with van der Waals surface area (Å²) in [6.45, 7) is 2.67. The van der Waals surface area contributed by atoms with E-state index < -0.39 is 11.6 Å². The Balaban J connectivity index is 1.91. The highest BCUT2D eigenvalue weighted by Gasteiger charge is 2.42. The van der Waals surface area contributed by atoms with Crippen molar-refractivity contribution in [3.05, 3.63) is 35.4 Å². The van der Waals surface area contributed by atoms with Crippen LogP contribution in [-0.4, -0.2) is 32.1 Å². The average Bonchev–Trinajstić information content (AvgIpc) is 3.03. The second-order valence-corrected chi connectivity index (χ2v) is 5.45. The van der Waals surface area contributed by atoms with Crippen molar-refractivity contribution in [1.29, 1.82) is 0 Å². The smallest absolute Gasteiger partial charge is 0.159 e. The van der Waals surface area contributed by atoms with Gasteiger partial charge in [-0.15, -0.1) is 0 Å². The quantitative estimate of drug-likeness (QED) is 0.838. The Hall–Kier alpha value is -1.00. The van der Waals surface area contributed by atoms with Crippen molar-refractivity contribution in [2.75, 3.05) is 27.2 Å². The van der Waals surface area contributed by atoms with Crippen molar-refractivity contribution in [2.24, 2.45) is 5.41 Å². The molecule has 0 unspecified atom stereocenters. The van der Waals surface area contributed by atoms with Gasteiger partial charge in [0.15, 0.2) is 11.6 Å². The van der Waals surface area contributed by atoms with Gasteiger partial charge in [0.1, 0.15) is 0 Å². The maximum absolute atomic E-state index is 13.1. The Labute approximate surface area is 107 Å². The number of hydrogen-bond acceptors (Lipinski definition) is 2. The second-order valence-electron chi connectivity index (χ2n) is 5.45. The highest BCUT2D eigenvalue weighted by atomic mass is 19.2. The summed E-state index contributed by atoms with van der Waals surface area (Å²) in [5.41, 5.74) is 1.21. The van der Waals surface area contributed by atoms with E-state index in [1.807, 2.05) is 14.1 Å². The Kier molecular flexibility index (Phi) is 3.97. The summed E-state index contributed by atoms with van der Waals surface area (Å²) in [7, 11) is 3.99. The van der Waals surface area contributed by atoms with Gasteiger partial charge in [0.05, 0.1) is 0 Å². The van der Waals surface area contributed by atoms with Gasteiger partial charge in [-0.05, 0) is 50.0 Å². The fourth-order valence-corrected chi connectivity index (χ4v) is 2.52. The topological polar surface area (TPSA) is 15.3 Å². The maximum Gasteiger partial charge on any atom is 0.159 e. The van der Waals surface area contributed by atoms with Crippen LogP contribution in [0, 0.1) is 17.0 Å². The molecule has 18 heavy (non-hydrogen) atoms. The summed E-state index contributed by atoms with van der Waals surface area (Å²) in [5, 5.41) is 3.22. The normalized spacial score (nSPS) is 17.2. The summed E-state index contributed by atoms with van der Waals surface area (Å²) in [5.74, 6) is -1.55. The lowest BCUT2D eigenvalue weighted by Crippen LogP contribution is -2.32. The van der Waals surface area contributed by atoms with Gasteiger partial charge in [0.2, 0.25) is 0 Å². The second kappa shape index (κ2) is 5.33.